The van der Waals surface area contributed by atoms with Gasteiger partial charge in [0.2, 0.25) is 0 Å². The van der Waals surface area contributed by atoms with Crippen LogP contribution < -0.4 is 11.5 Å². The van der Waals surface area contributed by atoms with Gasteiger partial charge in [-0.2, -0.15) is 10.2 Å². The molecule has 0 bridgehead atoms. The minimum absolute atomic E-state index is 0.125. The molecule has 0 amide bonds. The van der Waals surface area contributed by atoms with Crippen molar-refractivity contribution in [3.63, 3.8) is 0 Å². The molecule has 10 nitrogen and oxygen atoms in total. The highest BCUT2D eigenvalue weighted by Crippen LogP contribution is 2.15. The maximum Gasteiger partial charge on any atom is 0.343 e. The number of rotatable bonds is 4. The van der Waals surface area contributed by atoms with Gasteiger partial charge in [0.25, 0.3) is 0 Å². The molecule has 2 aromatic heterocycles. The van der Waals surface area contributed by atoms with Gasteiger partial charge in [0.05, 0.1) is 18.5 Å². The molecule has 5 N–H and O–H groups in total. The van der Waals surface area contributed by atoms with Crippen molar-refractivity contribution in [3.8, 4) is 0 Å². The standard InChI is InChI=1S/2C7H11N3O2/c1-3-12-7(11)5-4-9-10(2)6(5)8;1-3-4-5(7(11)12)6(8)10(2)9-4/h4H,3,8H2,1-2H3;3,8H2,1-2H3,(H,11,12). The smallest absolute Gasteiger partial charge is 0.343 e. The highest BCUT2D eigenvalue weighted by atomic mass is 16.5. The number of nitrogens with zero attached hydrogens (tertiary/aromatic N) is 4. The van der Waals surface area contributed by atoms with E-state index in [9.17, 15) is 9.59 Å². The van der Waals surface area contributed by atoms with Gasteiger partial charge in [0, 0.05) is 14.1 Å². The maximum atomic E-state index is 11.1. The van der Waals surface area contributed by atoms with Crippen molar-refractivity contribution in [2.24, 2.45) is 14.1 Å². The lowest BCUT2D eigenvalue weighted by atomic mass is 10.2. The van der Waals surface area contributed by atoms with Crippen LogP contribution in [0.15, 0.2) is 6.20 Å². The molecule has 0 saturated carbocycles. The number of esters is 1. The molecule has 0 aliphatic heterocycles. The Labute approximate surface area is 139 Å². The van der Waals surface area contributed by atoms with Crippen LogP contribution in [0.1, 0.15) is 40.3 Å². The van der Waals surface area contributed by atoms with E-state index in [1.165, 1.54) is 15.6 Å². The van der Waals surface area contributed by atoms with E-state index in [0.29, 0.717) is 30.1 Å². The number of ether oxygens (including phenoxy) is 1. The molecule has 0 saturated heterocycles. The van der Waals surface area contributed by atoms with E-state index in [2.05, 4.69) is 10.2 Å². The zero-order valence-corrected chi connectivity index (χ0v) is 14.1. The normalized spacial score (nSPS) is 10.0. The van der Waals surface area contributed by atoms with Crippen molar-refractivity contribution in [3.05, 3.63) is 23.0 Å². The molecular formula is C14H22N6O4. The highest BCUT2D eigenvalue weighted by Gasteiger charge is 2.18. The van der Waals surface area contributed by atoms with E-state index in [1.807, 2.05) is 6.92 Å². The van der Waals surface area contributed by atoms with E-state index < -0.39 is 11.9 Å². The van der Waals surface area contributed by atoms with E-state index in [1.54, 1.807) is 21.0 Å². The number of carbonyl (C=O) groups excluding carboxylic acids is 1. The number of nitrogen functional groups attached to an aromatic ring is 2. The lowest BCUT2D eigenvalue weighted by Crippen LogP contribution is -2.07. The Morgan fingerprint density at radius 3 is 2.21 bits per heavy atom. The molecule has 0 unspecified atom stereocenters. The highest BCUT2D eigenvalue weighted by molar-refractivity contribution is 5.94. The molecule has 2 heterocycles. The van der Waals surface area contributed by atoms with Crippen LogP contribution in [0.2, 0.25) is 0 Å². The van der Waals surface area contributed by atoms with Crippen LogP contribution in [0.25, 0.3) is 0 Å². The first-order valence-corrected chi connectivity index (χ1v) is 7.23. The third-order valence-corrected chi connectivity index (χ3v) is 3.19. The van der Waals surface area contributed by atoms with Crippen LogP contribution >= 0.6 is 0 Å². The quantitative estimate of drug-likeness (QED) is 0.679. The summed E-state index contributed by atoms with van der Waals surface area (Å²) in [5.74, 6) is -0.909. The first kappa shape index (κ1) is 19.0. The maximum absolute atomic E-state index is 11.1. The zero-order chi connectivity index (χ0) is 18.4. The van der Waals surface area contributed by atoms with Crippen LogP contribution in [-0.4, -0.2) is 43.2 Å². The summed E-state index contributed by atoms with van der Waals surface area (Å²) in [4.78, 5) is 21.8. The number of carboxylic acid groups (broad SMARTS) is 1. The lowest BCUT2D eigenvalue weighted by molar-refractivity contribution is 0.0527. The third kappa shape index (κ3) is 4.03. The molecule has 0 aliphatic rings. The molecular weight excluding hydrogens is 316 g/mol. The van der Waals surface area contributed by atoms with Gasteiger partial charge in [-0.3, -0.25) is 9.36 Å². The van der Waals surface area contributed by atoms with Crippen LogP contribution in [0.4, 0.5) is 11.6 Å². The van der Waals surface area contributed by atoms with Crippen molar-refractivity contribution >= 4 is 23.6 Å². The van der Waals surface area contributed by atoms with E-state index >= 15 is 0 Å². The van der Waals surface area contributed by atoms with Crippen LogP contribution in [0, 0.1) is 0 Å². The molecule has 0 fully saturated rings. The average molecular weight is 338 g/mol. The van der Waals surface area contributed by atoms with E-state index in [-0.39, 0.29) is 11.4 Å². The lowest BCUT2D eigenvalue weighted by Gasteiger charge is -1.99. The second-order valence-electron chi connectivity index (χ2n) is 4.78. The number of aryl methyl sites for hydroxylation is 3. The summed E-state index contributed by atoms with van der Waals surface area (Å²) >= 11 is 0. The molecule has 132 valence electrons. The number of hydrogen-bond acceptors (Lipinski definition) is 7. The number of aromatic nitrogens is 4. The van der Waals surface area contributed by atoms with Crippen molar-refractivity contribution in [2.45, 2.75) is 20.3 Å². The summed E-state index contributed by atoms with van der Waals surface area (Å²) in [6.45, 7) is 3.92. The summed E-state index contributed by atoms with van der Waals surface area (Å²) in [6, 6.07) is 0. The summed E-state index contributed by atoms with van der Waals surface area (Å²) in [5.41, 5.74) is 12.0. The Hall–Kier alpha value is -3.04. The molecule has 10 heteroatoms. The van der Waals surface area contributed by atoms with Gasteiger partial charge in [-0.25, -0.2) is 9.59 Å². The van der Waals surface area contributed by atoms with Crippen LogP contribution in [0.5, 0.6) is 0 Å². The predicted octanol–water partition coefficient (Wildman–Crippen LogP) is 0.442. The number of hydrogen-bond donors (Lipinski definition) is 3. The number of carbonyl (C=O) groups is 2. The minimum atomic E-state index is -1.02. The molecule has 0 aliphatic carbocycles. The van der Waals surface area contributed by atoms with Crippen molar-refractivity contribution in [1.29, 1.82) is 0 Å². The Balaban J connectivity index is 0.000000240. The van der Waals surface area contributed by atoms with Gasteiger partial charge in [0.15, 0.2) is 0 Å². The first-order chi connectivity index (χ1) is 11.2. The summed E-state index contributed by atoms with van der Waals surface area (Å²) in [7, 11) is 3.29. The van der Waals surface area contributed by atoms with Crippen LogP contribution in [-0.2, 0) is 25.3 Å². The van der Waals surface area contributed by atoms with Gasteiger partial charge in [0.1, 0.15) is 22.8 Å². The predicted molar refractivity (Wildman–Crippen MR) is 87.5 cm³/mol. The fraction of sp³-hybridized carbons (Fsp3) is 0.429. The van der Waals surface area contributed by atoms with E-state index in [0.717, 1.165) is 0 Å². The molecule has 24 heavy (non-hydrogen) atoms. The Kier molecular flexibility index (Phi) is 6.33. The fourth-order valence-corrected chi connectivity index (χ4v) is 1.89. The first-order valence-electron chi connectivity index (χ1n) is 7.23. The Bertz CT molecular complexity index is 734. The number of anilines is 2. The second kappa shape index (κ2) is 7.99. The monoisotopic (exact) mass is 338 g/mol. The Morgan fingerprint density at radius 2 is 1.83 bits per heavy atom. The van der Waals surface area contributed by atoms with Gasteiger partial charge >= 0.3 is 11.9 Å². The SMILES string of the molecule is CCOC(=O)c1cnn(C)c1N.CCc1nn(C)c(N)c1C(=O)O. The van der Waals surface area contributed by atoms with Gasteiger partial charge in [-0.15, -0.1) is 0 Å². The van der Waals surface area contributed by atoms with Crippen molar-refractivity contribution in [2.75, 3.05) is 18.1 Å². The van der Waals surface area contributed by atoms with Gasteiger partial charge in [-0.1, -0.05) is 6.92 Å². The minimum Gasteiger partial charge on any atom is -0.477 e. The van der Waals surface area contributed by atoms with Crippen molar-refractivity contribution < 1.29 is 19.4 Å². The number of carboxylic acids is 1. The topological polar surface area (TPSA) is 151 Å². The fourth-order valence-electron chi connectivity index (χ4n) is 1.89. The molecule has 0 atom stereocenters. The van der Waals surface area contributed by atoms with Gasteiger partial charge < -0.3 is 21.3 Å². The summed E-state index contributed by atoms with van der Waals surface area (Å²) < 4.78 is 7.55. The molecule has 2 aromatic rings. The molecule has 0 radical (unpaired) electrons. The average Bonchev–Trinajstić information content (AvgIpc) is 3.01. The summed E-state index contributed by atoms with van der Waals surface area (Å²) in [5, 5.41) is 16.5. The summed E-state index contributed by atoms with van der Waals surface area (Å²) in [6.07, 6.45) is 1.97. The third-order valence-electron chi connectivity index (χ3n) is 3.19. The van der Waals surface area contributed by atoms with Gasteiger partial charge in [-0.05, 0) is 13.3 Å². The zero-order valence-electron chi connectivity index (χ0n) is 14.1. The number of aromatic carboxylic acids is 1. The van der Waals surface area contributed by atoms with Crippen LogP contribution in [0.3, 0.4) is 0 Å². The van der Waals surface area contributed by atoms with Crippen molar-refractivity contribution in [1.82, 2.24) is 19.6 Å². The second-order valence-corrected chi connectivity index (χ2v) is 4.78. The number of nitrogens with two attached hydrogens (primary N) is 2. The van der Waals surface area contributed by atoms with E-state index in [4.69, 9.17) is 21.3 Å². The molecule has 0 spiro atoms. The largest absolute Gasteiger partial charge is 0.477 e. The molecule has 2 rings (SSSR count). The Morgan fingerprint density at radius 1 is 1.21 bits per heavy atom. The molecule has 0 aromatic carbocycles.